The van der Waals surface area contributed by atoms with E-state index in [0.717, 1.165) is 33.9 Å². The number of hydrogen-bond acceptors (Lipinski definition) is 2. The van der Waals surface area contributed by atoms with Gasteiger partial charge in [0.1, 0.15) is 5.75 Å². The number of thiol groups is 1. The topological polar surface area (TPSA) is 9.23 Å². The number of hydrogen-bond donors (Lipinski definition) is 1. The Morgan fingerprint density at radius 3 is 2.43 bits per heavy atom. The molecule has 0 radical (unpaired) electrons. The summed E-state index contributed by atoms with van der Waals surface area (Å²) in [6.07, 6.45) is 6.39. The third-order valence-corrected chi connectivity index (χ3v) is 5.61. The van der Waals surface area contributed by atoms with Gasteiger partial charge in [-0.15, -0.1) is 0 Å². The highest BCUT2D eigenvalue weighted by Gasteiger charge is 2.31. The average molecular weight is 321 g/mol. The zero-order valence-electron chi connectivity index (χ0n) is 12.1. The molecule has 0 spiro atoms. The van der Waals surface area contributed by atoms with Gasteiger partial charge in [0.2, 0.25) is 0 Å². The predicted octanol–water partition coefficient (Wildman–Crippen LogP) is 5.75. The van der Waals surface area contributed by atoms with Gasteiger partial charge in [-0.3, -0.25) is 0 Å². The van der Waals surface area contributed by atoms with Crippen LogP contribution in [0.25, 0.3) is 10.8 Å². The molecule has 1 aliphatic rings. The van der Waals surface area contributed by atoms with Gasteiger partial charge in [-0.05, 0) is 30.7 Å². The zero-order chi connectivity index (χ0) is 14.7. The van der Waals surface area contributed by atoms with E-state index in [1.807, 2.05) is 30.3 Å². The Hall–Kier alpha value is -0.860. The van der Waals surface area contributed by atoms with Crippen LogP contribution in [0.1, 0.15) is 32.1 Å². The Morgan fingerprint density at radius 2 is 1.71 bits per heavy atom. The van der Waals surface area contributed by atoms with Crippen LogP contribution in [0.5, 0.6) is 5.75 Å². The molecule has 0 saturated heterocycles. The van der Waals surface area contributed by atoms with Crippen LogP contribution < -0.4 is 4.74 Å². The van der Waals surface area contributed by atoms with Crippen molar-refractivity contribution in [3.8, 4) is 5.75 Å². The first kappa shape index (κ1) is 15.1. The monoisotopic (exact) mass is 320 g/mol. The molecular weight excluding hydrogens is 300 g/mol. The highest BCUT2D eigenvalue weighted by atomic mass is 35.5. The van der Waals surface area contributed by atoms with E-state index in [9.17, 15) is 0 Å². The van der Waals surface area contributed by atoms with E-state index >= 15 is 0 Å². The van der Waals surface area contributed by atoms with Crippen LogP contribution in [0.2, 0.25) is 5.02 Å². The van der Waals surface area contributed by atoms with Gasteiger partial charge in [0.15, 0.2) is 0 Å². The molecule has 3 heteroatoms. The highest BCUT2D eigenvalue weighted by Crippen LogP contribution is 2.39. The first-order valence-corrected chi connectivity index (χ1v) is 8.66. The van der Waals surface area contributed by atoms with E-state index in [4.69, 9.17) is 16.3 Å². The van der Waals surface area contributed by atoms with E-state index in [1.165, 1.54) is 32.1 Å². The smallest absolute Gasteiger partial charge is 0.127 e. The van der Waals surface area contributed by atoms with Crippen LogP contribution in [-0.4, -0.2) is 12.4 Å². The van der Waals surface area contributed by atoms with Crippen molar-refractivity contribution < 1.29 is 4.74 Å². The molecule has 3 rings (SSSR count). The summed E-state index contributed by atoms with van der Waals surface area (Å²) in [6, 6.07) is 12.1. The van der Waals surface area contributed by atoms with E-state index < -0.39 is 0 Å². The SMILES string of the molecule is SCC1(COc2ccc(Cl)c3ccccc23)CCCCC1. The van der Waals surface area contributed by atoms with Crippen molar-refractivity contribution in [3.63, 3.8) is 0 Å². The van der Waals surface area contributed by atoms with Crippen molar-refractivity contribution >= 4 is 35.0 Å². The molecule has 112 valence electrons. The van der Waals surface area contributed by atoms with E-state index in [0.29, 0.717) is 0 Å². The molecule has 0 heterocycles. The summed E-state index contributed by atoms with van der Waals surface area (Å²) >= 11 is 10.8. The molecule has 21 heavy (non-hydrogen) atoms. The van der Waals surface area contributed by atoms with Crippen molar-refractivity contribution in [2.45, 2.75) is 32.1 Å². The minimum Gasteiger partial charge on any atom is -0.492 e. The molecule has 1 nitrogen and oxygen atoms in total. The van der Waals surface area contributed by atoms with Gasteiger partial charge in [-0.1, -0.05) is 55.1 Å². The van der Waals surface area contributed by atoms with Gasteiger partial charge in [0, 0.05) is 21.2 Å². The van der Waals surface area contributed by atoms with Crippen molar-refractivity contribution in [2.24, 2.45) is 5.41 Å². The van der Waals surface area contributed by atoms with Crippen LogP contribution in [0, 0.1) is 5.41 Å². The van der Waals surface area contributed by atoms with E-state index in [-0.39, 0.29) is 5.41 Å². The summed E-state index contributed by atoms with van der Waals surface area (Å²) in [6.45, 7) is 0.752. The van der Waals surface area contributed by atoms with Crippen molar-refractivity contribution in [1.29, 1.82) is 0 Å². The number of fused-ring (bicyclic) bond motifs is 1. The molecule has 2 aromatic rings. The Labute approximate surface area is 137 Å². The molecule has 1 fully saturated rings. The van der Waals surface area contributed by atoms with E-state index in [1.54, 1.807) is 0 Å². The third kappa shape index (κ3) is 3.17. The van der Waals surface area contributed by atoms with Gasteiger partial charge >= 0.3 is 0 Å². The molecule has 2 aromatic carbocycles. The molecule has 1 saturated carbocycles. The molecule has 0 bridgehead atoms. The minimum atomic E-state index is 0.238. The molecule has 0 amide bonds. The Kier molecular flexibility index (Phi) is 4.66. The number of ether oxygens (including phenoxy) is 1. The minimum absolute atomic E-state index is 0.238. The Balaban J connectivity index is 1.83. The second-order valence-electron chi connectivity index (χ2n) is 6.10. The molecule has 0 N–H and O–H groups in total. The predicted molar refractivity (Wildman–Crippen MR) is 93.8 cm³/mol. The second-order valence-corrected chi connectivity index (χ2v) is 6.82. The standard InChI is InChI=1S/C18H21ClOS/c19-16-8-9-17(15-7-3-2-6-14(15)16)20-12-18(13-21)10-4-1-5-11-18/h2-3,6-9,21H,1,4-5,10-13H2. The lowest BCUT2D eigenvalue weighted by Gasteiger charge is -2.35. The molecule has 0 aromatic heterocycles. The first-order valence-electron chi connectivity index (χ1n) is 7.65. The fourth-order valence-electron chi connectivity index (χ4n) is 3.24. The van der Waals surface area contributed by atoms with Crippen molar-refractivity contribution in [2.75, 3.05) is 12.4 Å². The van der Waals surface area contributed by atoms with Crippen LogP contribution in [0.15, 0.2) is 36.4 Å². The maximum Gasteiger partial charge on any atom is 0.127 e. The lowest BCUT2D eigenvalue weighted by atomic mass is 9.76. The first-order chi connectivity index (χ1) is 10.2. The molecular formula is C18H21ClOS. The van der Waals surface area contributed by atoms with Gasteiger partial charge < -0.3 is 4.74 Å². The van der Waals surface area contributed by atoms with Crippen molar-refractivity contribution in [1.82, 2.24) is 0 Å². The van der Waals surface area contributed by atoms with Gasteiger partial charge in [0.05, 0.1) is 6.61 Å². The summed E-state index contributed by atoms with van der Waals surface area (Å²) in [5.41, 5.74) is 0.238. The van der Waals surface area contributed by atoms with Crippen LogP contribution in [0.4, 0.5) is 0 Å². The zero-order valence-corrected chi connectivity index (χ0v) is 13.8. The van der Waals surface area contributed by atoms with E-state index in [2.05, 4.69) is 18.7 Å². The summed E-state index contributed by atoms with van der Waals surface area (Å²) in [7, 11) is 0. The molecule has 0 unspecified atom stereocenters. The van der Waals surface area contributed by atoms with Gasteiger partial charge in [-0.25, -0.2) is 0 Å². The molecule has 0 atom stereocenters. The molecule has 0 aliphatic heterocycles. The fraction of sp³-hybridized carbons (Fsp3) is 0.444. The molecule has 1 aliphatic carbocycles. The number of rotatable bonds is 4. The van der Waals surface area contributed by atoms with Gasteiger partial charge in [0.25, 0.3) is 0 Å². The summed E-state index contributed by atoms with van der Waals surface area (Å²) < 4.78 is 6.20. The normalized spacial score (nSPS) is 17.8. The lowest BCUT2D eigenvalue weighted by Crippen LogP contribution is -2.33. The van der Waals surface area contributed by atoms with Crippen molar-refractivity contribution in [3.05, 3.63) is 41.4 Å². The maximum atomic E-state index is 6.26. The lowest BCUT2D eigenvalue weighted by molar-refractivity contribution is 0.122. The summed E-state index contributed by atoms with van der Waals surface area (Å²) in [4.78, 5) is 0. The second kappa shape index (κ2) is 6.50. The fourth-order valence-corrected chi connectivity index (χ4v) is 3.88. The summed E-state index contributed by atoms with van der Waals surface area (Å²) in [5, 5.41) is 2.93. The Morgan fingerprint density at radius 1 is 1.00 bits per heavy atom. The maximum absolute atomic E-state index is 6.26. The van der Waals surface area contributed by atoms with Crippen LogP contribution in [0.3, 0.4) is 0 Å². The Bertz CT molecular complexity index is 620. The van der Waals surface area contributed by atoms with Gasteiger partial charge in [-0.2, -0.15) is 12.6 Å². The summed E-state index contributed by atoms with van der Waals surface area (Å²) in [5.74, 6) is 1.83. The largest absolute Gasteiger partial charge is 0.492 e. The average Bonchev–Trinajstić information content (AvgIpc) is 2.55. The highest BCUT2D eigenvalue weighted by molar-refractivity contribution is 7.80. The number of benzene rings is 2. The van der Waals surface area contributed by atoms with Crippen LogP contribution in [-0.2, 0) is 0 Å². The quantitative estimate of drug-likeness (QED) is 0.705. The third-order valence-electron chi connectivity index (χ3n) is 4.61. The van der Waals surface area contributed by atoms with Crippen LogP contribution >= 0.6 is 24.2 Å². The number of halogens is 1.